The van der Waals surface area contributed by atoms with E-state index in [9.17, 15) is 9.18 Å². The molecule has 4 rings (SSSR count). The number of carbonyl (C=O) groups excluding carboxylic acids is 1. The summed E-state index contributed by atoms with van der Waals surface area (Å²) in [6.45, 7) is 2.22. The Morgan fingerprint density at radius 1 is 1.24 bits per heavy atom. The Bertz CT molecular complexity index is 1090. The number of pyridine rings is 1. The Morgan fingerprint density at radius 2 is 2.12 bits per heavy atom. The molecule has 0 aliphatic heterocycles. The molecule has 1 N–H and O–H groups in total. The molecule has 25 heavy (non-hydrogen) atoms. The largest absolute Gasteiger partial charge is 0.351 e. The van der Waals surface area contributed by atoms with E-state index in [4.69, 9.17) is 0 Å². The lowest BCUT2D eigenvalue weighted by atomic mass is 10.1. The molecule has 0 unspecified atom stereocenters. The van der Waals surface area contributed by atoms with Crippen LogP contribution in [0.2, 0.25) is 0 Å². The summed E-state index contributed by atoms with van der Waals surface area (Å²) in [6, 6.07) is 10.6. The number of aromatic nitrogens is 3. The number of rotatable bonds is 4. The third-order valence-electron chi connectivity index (χ3n) is 4.13. The van der Waals surface area contributed by atoms with Crippen molar-refractivity contribution < 1.29 is 9.18 Å². The van der Waals surface area contributed by atoms with Gasteiger partial charge < -0.3 is 5.32 Å². The predicted octanol–water partition coefficient (Wildman–Crippen LogP) is 3.36. The van der Waals surface area contributed by atoms with Crippen LogP contribution in [0.4, 0.5) is 4.39 Å². The van der Waals surface area contributed by atoms with E-state index >= 15 is 0 Å². The van der Waals surface area contributed by atoms with Crippen LogP contribution in [-0.4, -0.2) is 27.0 Å². The van der Waals surface area contributed by atoms with Crippen molar-refractivity contribution in [1.29, 1.82) is 0 Å². The first-order valence-electron chi connectivity index (χ1n) is 7.89. The molecule has 0 radical (unpaired) electrons. The van der Waals surface area contributed by atoms with E-state index in [0.717, 1.165) is 16.2 Å². The van der Waals surface area contributed by atoms with Gasteiger partial charge in [0.1, 0.15) is 11.6 Å². The van der Waals surface area contributed by atoms with Gasteiger partial charge in [0.2, 0.25) is 0 Å². The molecule has 0 bridgehead atoms. The molecule has 4 aromatic rings. The van der Waals surface area contributed by atoms with Gasteiger partial charge in [-0.3, -0.25) is 9.20 Å². The highest BCUT2D eigenvalue weighted by atomic mass is 32.1. The predicted molar refractivity (Wildman–Crippen MR) is 95.5 cm³/mol. The third kappa shape index (κ3) is 2.76. The van der Waals surface area contributed by atoms with Crippen molar-refractivity contribution in [2.75, 3.05) is 6.54 Å². The SMILES string of the molecule is Cc1c(C(=O)NCCc2nnc3ccccn23)sc2cccc(F)c12. The number of fused-ring (bicyclic) bond motifs is 2. The zero-order valence-electron chi connectivity index (χ0n) is 13.5. The monoisotopic (exact) mass is 354 g/mol. The molecule has 0 saturated heterocycles. The van der Waals surface area contributed by atoms with Crippen LogP contribution in [0.3, 0.4) is 0 Å². The first-order chi connectivity index (χ1) is 12.1. The molecule has 0 atom stereocenters. The molecule has 3 heterocycles. The summed E-state index contributed by atoms with van der Waals surface area (Å²) in [5.41, 5.74) is 1.46. The Labute approximate surface area is 147 Å². The lowest BCUT2D eigenvalue weighted by Crippen LogP contribution is -2.26. The highest BCUT2D eigenvalue weighted by Crippen LogP contribution is 2.32. The van der Waals surface area contributed by atoms with Crippen LogP contribution in [0, 0.1) is 12.7 Å². The summed E-state index contributed by atoms with van der Waals surface area (Å²) in [5, 5.41) is 11.7. The fourth-order valence-corrected chi connectivity index (χ4v) is 4.04. The van der Waals surface area contributed by atoms with E-state index in [-0.39, 0.29) is 11.7 Å². The third-order valence-corrected chi connectivity index (χ3v) is 5.38. The fourth-order valence-electron chi connectivity index (χ4n) is 2.90. The highest BCUT2D eigenvalue weighted by Gasteiger charge is 2.17. The Hall–Kier alpha value is -2.80. The van der Waals surface area contributed by atoms with Crippen molar-refractivity contribution in [3.63, 3.8) is 0 Å². The highest BCUT2D eigenvalue weighted by molar-refractivity contribution is 7.21. The maximum absolute atomic E-state index is 14.0. The molecule has 0 aliphatic rings. The number of hydrogen-bond donors (Lipinski definition) is 1. The quantitative estimate of drug-likeness (QED) is 0.611. The minimum absolute atomic E-state index is 0.188. The Kier molecular flexibility index (Phi) is 3.93. The van der Waals surface area contributed by atoms with Crippen molar-refractivity contribution >= 4 is 33.0 Å². The van der Waals surface area contributed by atoms with Crippen LogP contribution in [0.25, 0.3) is 15.7 Å². The van der Waals surface area contributed by atoms with Gasteiger partial charge in [-0.2, -0.15) is 0 Å². The summed E-state index contributed by atoms with van der Waals surface area (Å²) in [5.74, 6) is 0.308. The van der Waals surface area contributed by atoms with Gasteiger partial charge in [0.25, 0.3) is 5.91 Å². The van der Waals surface area contributed by atoms with Crippen LogP contribution in [0.15, 0.2) is 42.6 Å². The molecule has 1 aromatic carbocycles. The number of nitrogens with zero attached hydrogens (tertiary/aromatic N) is 3. The number of benzene rings is 1. The van der Waals surface area contributed by atoms with Gasteiger partial charge in [0.15, 0.2) is 5.65 Å². The molecule has 1 amide bonds. The van der Waals surface area contributed by atoms with Crippen molar-refractivity contribution in [2.24, 2.45) is 0 Å². The van der Waals surface area contributed by atoms with Crippen molar-refractivity contribution in [2.45, 2.75) is 13.3 Å². The average molecular weight is 354 g/mol. The second kappa shape index (κ2) is 6.25. The maximum Gasteiger partial charge on any atom is 0.261 e. The summed E-state index contributed by atoms with van der Waals surface area (Å²) in [6.07, 6.45) is 2.46. The van der Waals surface area contributed by atoms with E-state index in [1.807, 2.05) is 34.9 Å². The number of halogens is 1. The lowest BCUT2D eigenvalue weighted by Gasteiger charge is -2.04. The molecule has 0 fully saturated rings. The van der Waals surface area contributed by atoms with E-state index < -0.39 is 0 Å². The number of amides is 1. The van der Waals surface area contributed by atoms with Gasteiger partial charge in [0, 0.05) is 29.2 Å². The van der Waals surface area contributed by atoms with Crippen LogP contribution in [0.1, 0.15) is 21.1 Å². The first kappa shape index (κ1) is 15.7. The minimum atomic E-state index is -0.291. The zero-order chi connectivity index (χ0) is 17.4. The van der Waals surface area contributed by atoms with Gasteiger partial charge in [0.05, 0.1) is 4.88 Å². The standard InChI is InChI=1S/C18H15FN4OS/c1-11-16-12(19)5-4-6-13(16)25-17(11)18(24)20-9-8-15-22-21-14-7-2-3-10-23(14)15/h2-7,10H,8-9H2,1H3,(H,20,24). The van der Waals surface area contributed by atoms with Crippen molar-refractivity contribution in [3.05, 3.63) is 64.7 Å². The topological polar surface area (TPSA) is 59.3 Å². The first-order valence-corrected chi connectivity index (χ1v) is 8.71. The normalized spacial score (nSPS) is 11.3. The van der Waals surface area contributed by atoms with E-state index in [1.54, 1.807) is 13.0 Å². The molecule has 126 valence electrons. The lowest BCUT2D eigenvalue weighted by molar-refractivity contribution is 0.0957. The van der Waals surface area contributed by atoms with Crippen LogP contribution in [0.5, 0.6) is 0 Å². The van der Waals surface area contributed by atoms with Crippen LogP contribution >= 0.6 is 11.3 Å². The van der Waals surface area contributed by atoms with Gasteiger partial charge in [-0.25, -0.2) is 4.39 Å². The number of aryl methyl sites for hydroxylation is 1. The second-order valence-corrected chi connectivity index (χ2v) is 6.77. The summed E-state index contributed by atoms with van der Waals surface area (Å²) in [7, 11) is 0. The number of nitrogens with one attached hydrogen (secondary N) is 1. The summed E-state index contributed by atoms with van der Waals surface area (Å²) in [4.78, 5) is 13.0. The number of carbonyl (C=O) groups is 1. The summed E-state index contributed by atoms with van der Waals surface area (Å²) >= 11 is 1.31. The molecular weight excluding hydrogens is 339 g/mol. The van der Waals surface area contributed by atoms with E-state index in [0.29, 0.717) is 28.8 Å². The maximum atomic E-state index is 14.0. The number of hydrogen-bond acceptors (Lipinski definition) is 4. The molecular formula is C18H15FN4OS. The molecule has 0 aliphatic carbocycles. The fraction of sp³-hybridized carbons (Fsp3) is 0.167. The Balaban J connectivity index is 1.49. The van der Waals surface area contributed by atoms with Crippen LogP contribution in [-0.2, 0) is 6.42 Å². The molecule has 7 heteroatoms. The van der Waals surface area contributed by atoms with Crippen molar-refractivity contribution in [1.82, 2.24) is 19.9 Å². The van der Waals surface area contributed by atoms with Gasteiger partial charge in [-0.05, 0) is 36.8 Å². The molecule has 5 nitrogen and oxygen atoms in total. The molecule has 0 spiro atoms. The van der Waals surface area contributed by atoms with Gasteiger partial charge >= 0.3 is 0 Å². The molecule has 0 saturated carbocycles. The minimum Gasteiger partial charge on any atom is -0.351 e. The van der Waals surface area contributed by atoms with Crippen molar-refractivity contribution in [3.8, 4) is 0 Å². The van der Waals surface area contributed by atoms with Crippen LogP contribution < -0.4 is 5.32 Å². The smallest absolute Gasteiger partial charge is 0.261 e. The summed E-state index contributed by atoms with van der Waals surface area (Å²) < 4.78 is 16.6. The molecule has 3 aromatic heterocycles. The van der Waals surface area contributed by atoms with Gasteiger partial charge in [-0.15, -0.1) is 21.5 Å². The van der Waals surface area contributed by atoms with Gasteiger partial charge in [-0.1, -0.05) is 12.1 Å². The number of thiophene rings is 1. The zero-order valence-corrected chi connectivity index (χ0v) is 14.3. The average Bonchev–Trinajstić information content (AvgIpc) is 3.17. The van der Waals surface area contributed by atoms with E-state index in [1.165, 1.54) is 17.4 Å². The second-order valence-electron chi connectivity index (χ2n) is 5.72. The Morgan fingerprint density at radius 3 is 2.96 bits per heavy atom. The van der Waals surface area contributed by atoms with E-state index in [2.05, 4.69) is 15.5 Å².